The number of rotatable bonds is 10. The van der Waals surface area contributed by atoms with E-state index < -0.39 is 85.3 Å². The fourth-order valence-electron chi connectivity index (χ4n) is 10.3. The number of fused-ring (bicyclic) bond motifs is 4. The average molecular weight is 749 g/mol. The standard InChI is InChI=1S/C39H56O14/c1-16(2)18(4)23(40)13-17(3)25-28(43)29(44)26-21-8-7-19-14-20(9-11-38(19,5)22(21)10-12-39(25,26)6)51-37-32(47)33(31(46)34(53-37)35(48)49)52-36-30(45)27(42)24(41)15-50-36/h16-17,19-20,24,26-27,30-34,36-37,41-43,45-47H,4,7-15H2,1-3,5-6H3,(H,48,49)/t17-,19+,20+,24-,26+,27+,30-,31+,32-,33+,34+,36+,37-,38+,39-/m1/s1. The third-order valence-electron chi connectivity index (χ3n) is 13.4. The van der Waals surface area contributed by atoms with Crippen molar-refractivity contribution in [2.24, 2.45) is 34.5 Å². The largest absolute Gasteiger partial charge is 0.504 e. The van der Waals surface area contributed by atoms with Crippen molar-refractivity contribution in [3.8, 4) is 0 Å². The molecule has 4 aliphatic carbocycles. The second-order valence-electron chi connectivity index (χ2n) is 17.0. The van der Waals surface area contributed by atoms with E-state index >= 15 is 0 Å². The predicted molar refractivity (Wildman–Crippen MR) is 186 cm³/mol. The van der Waals surface area contributed by atoms with E-state index in [1.165, 1.54) is 5.57 Å². The number of hydrogen-bond donors (Lipinski definition) is 7. The Morgan fingerprint density at radius 2 is 1.62 bits per heavy atom. The number of aliphatic hydroxyl groups excluding tert-OH is 6. The first-order valence-corrected chi connectivity index (χ1v) is 18.9. The highest BCUT2D eigenvalue weighted by atomic mass is 16.7. The highest BCUT2D eigenvalue weighted by Gasteiger charge is 2.60. The molecule has 14 heteroatoms. The molecule has 6 aliphatic rings. The van der Waals surface area contributed by atoms with Crippen LogP contribution in [0.3, 0.4) is 0 Å². The molecule has 2 saturated heterocycles. The molecular formula is C39H56O14. The van der Waals surface area contributed by atoms with Gasteiger partial charge in [-0.2, -0.15) is 0 Å². The fourth-order valence-corrected chi connectivity index (χ4v) is 10.3. The van der Waals surface area contributed by atoms with E-state index in [1.807, 2.05) is 20.8 Å². The third-order valence-corrected chi connectivity index (χ3v) is 13.4. The molecule has 3 fully saturated rings. The Morgan fingerprint density at radius 3 is 2.28 bits per heavy atom. The molecule has 1 saturated carbocycles. The van der Waals surface area contributed by atoms with Crippen molar-refractivity contribution in [1.82, 2.24) is 0 Å². The molecule has 2 aliphatic heterocycles. The van der Waals surface area contributed by atoms with Gasteiger partial charge >= 0.3 is 5.97 Å². The number of carboxylic acid groups (broad SMARTS) is 1. The second kappa shape index (κ2) is 14.8. The zero-order chi connectivity index (χ0) is 38.9. The van der Waals surface area contributed by atoms with Gasteiger partial charge < -0.3 is 54.7 Å². The van der Waals surface area contributed by atoms with Crippen LogP contribution in [0.15, 0.2) is 34.6 Å². The SMILES string of the molecule is C=C(C(=O)C[C@@H](C)C1=C(O)C(=O)[C@@H]2C3=C(CC[C@]12C)[C@@]1(C)CC[C@H](O[C@@H]2O[C@H](C(=O)O)[C@@H](O)[C@H](O[C@@H]4OC[C@@H](O)[C@H](O)[C@H]4O)[C@H]2O)C[C@@H]1CC3)C(C)C. The van der Waals surface area contributed by atoms with Crippen molar-refractivity contribution < 1.29 is 69.1 Å². The van der Waals surface area contributed by atoms with Gasteiger partial charge in [-0.1, -0.05) is 52.3 Å². The van der Waals surface area contributed by atoms with E-state index in [0.717, 1.165) is 18.4 Å². The van der Waals surface area contributed by atoms with E-state index in [9.17, 15) is 50.1 Å². The summed E-state index contributed by atoms with van der Waals surface area (Å²) in [6.45, 7) is 13.6. The molecule has 0 radical (unpaired) electrons. The Morgan fingerprint density at radius 1 is 0.925 bits per heavy atom. The lowest BCUT2D eigenvalue weighted by Crippen LogP contribution is -2.64. The zero-order valence-electron chi connectivity index (χ0n) is 31.1. The third kappa shape index (κ3) is 6.86. The van der Waals surface area contributed by atoms with E-state index in [-0.39, 0.29) is 46.9 Å². The molecule has 0 amide bonds. The first kappa shape index (κ1) is 40.1. The minimum Gasteiger partial charge on any atom is -0.504 e. The molecule has 53 heavy (non-hydrogen) atoms. The molecule has 0 aromatic rings. The van der Waals surface area contributed by atoms with Crippen LogP contribution in [0.2, 0.25) is 0 Å². The van der Waals surface area contributed by atoms with Crippen LogP contribution in [-0.4, -0.2) is 121 Å². The van der Waals surface area contributed by atoms with Crippen molar-refractivity contribution in [3.63, 3.8) is 0 Å². The number of carbonyl (C=O) groups excluding carboxylic acids is 2. The van der Waals surface area contributed by atoms with Gasteiger partial charge in [-0.3, -0.25) is 9.59 Å². The van der Waals surface area contributed by atoms with Gasteiger partial charge in [0.2, 0.25) is 5.78 Å². The Labute approximate surface area is 309 Å². The molecule has 0 unspecified atom stereocenters. The number of ether oxygens (including phenoxy) is 4. The first-order chi connectivity index (χ1) is 24.8. The Bertz CT molecular complexity index is 1550. The molecule has 6 rings (SSSR count). The maximum atomic E-state index is 13.9. The van der Waals surface area contributed by atoms with E-state index in [1.54, 1.807) is 0 Å². The number of Topliss-reactive ketones (excluding diaryl/α,β-unsaturated/α-hetero) is 2. The lowest BCUT2D eigenvalue weighted by molar-refractivity contribution is -0.350. The number of carbonyl (C=O) groups is 3. The van der Waals surface area contributed by atoms with Gasteiger partial charge in [-0.25, -0.2) is 4.79 Å². The van der Waals surface area contributed by atoms with Gasteiger partial charge in [0, 0.05) is 11.8 Å². The van der Waals surface area contributed by atoms with Gasteiger partial charge in [-0.05, 0) is 79.3 Å². The van der Waals surface area contributed by atoms with Crippen LogP contribution >= 0.6 is 0 Å². The van der Waals surface area contributed by atoms with E-state index in [4.69, 9.17) is 18.9 Å². The summed E-state index contributed by atoms with van der Waals surface area (Å²) >= 11 is 0. The van der Waals surface area contributed by atoms with Gasteiger partial charge in [0.15, 0.2) is 30.2 Å². The van der Waals surface area contributed by atoms with Crippen molar-refractivity contribution in [2.45, 2.75) is 147 Å². The number of aliphatic hydroxyl groups is 6. The molecular weight excluding hydrogens is 692 g/mol. The van der Waals surface area contributed by atoms with Crippen molar-refractivity contribution in [3.05, 3.63) is 34.6 Å². The average Bonchev–Trinajstić information content (AvgIpc) is 3.31. The molecule has 0 bridgehead atoms. The quantitative estimate of drug-likeness (QED) is 0.126. The molecule has 296 valence electrons. The minimum atomic E-state index is -1.88. The molecule has 7 N–H and O–H groups in total. The number of allylic oxidation sites excluding steroid dienone is 5. The molecule has 14 nitrogen and oxygen atoms in total. The number of aliphatic carboxylic acids is 1. The Kier molecular flexibility index (Phi) is 11.2. The summed E-state index contributed by atoms with van der Waals surface area (Å²) in [6.07, 6.45) is -10.6. The topological polar surface area (TPSA) is 230 Å². The molecule has 0 aromatic heterocycles. The number of ketones is 2. The van der Waals surface area contributed by atoms with Crippen LogP contribution in [0, 0.1) is 34.5 Å². The van der Waals surface area contributed by atoms with Gasteiger partial charge in [0.05, 0.1) is 18.6 Å². The summed E-state index contributed by atoms with van der Waals surface area (Å²) in [5.74, 6) is -2.73. The van der Waals surface area contributed by atoms with Crippen LogP contribution in [0.25, 0.3) is 0 Å². The van der Waals surface area contributed by atoms with Crippen molar-refractivity contribution in [2.75, 3.05) is 6.61 Å². The van der Waals surface area contributed by atoms with Crippen LogP contribution in [-0.2, 0) is 33.3 Å². The highest BCUT2D eigenvalue weighted by Crippen LogP contribution is 2.64. The van der Waals surface area contributed by atoms with E-state index in [2.05, 4.69) is 20.4 Å². The summed E-state index contributed by atoms with van der Waals surface area (Å²) in [7, 11) is 0. The first-order valence-electron chi connectivity index (χ1n) is 18.9. The van der Waals surface area contributed by atoms with Crippen molar-refractivity contribution >= 4 is 17.5 Å². The van der Waals surface area contributed by atoms with Crippen LogP contribution in [0.5, 0.6) is 0 Å². The number of carboxylic acids is 1. The zero-order valence-corrected chi connectivity index (χ0v) is 31.1. The lowest BCUT2D eigenvalue weighted by Gasteiger charge is -2.54. The second-order valence-corrected chi connectivity index (χ2v) is 17.0. The molecule has 15 atom stereocenters. The predicted octanol–water partition coefficient (Wildman–Crippen LogP) is 2.24. The molecule has 2 heterocycles. The van der Waals surface area contributed by atoms with Crippen molar-refractivity contribution in [1.29, 1.82) is 0 Å². The summed E-state index contributed by atoms with van der Waals surface area (Å²) in [5.41, 5.74) is 2.67. The highest BCUT2D eigenvalue weighted by molar-refractivity contribution is 6.02. The normalized spacial score (nSPS) is 43.6. The summed E-state index contributed by atoms with van der Waals surface area (Å²) in [6, 6.07) is 0. The smallest absolute Gasteiger partial charge is 0.335 e. The maximum Gasteiger partial charge on any atom is 0.335 e. The lowest BCUT2D eigenvalue weighted by atomic mass is 9.50. The summed E-state index contributed by atoms with van der Waals surface area (Å²) in [5, 5.41) is 73.4. The minimum absolute atomic E-state index is 0.00848. The van der Waals surface area contributed by atoms with Crippen LogP contribution < -0.4 is 0 Å². The van der Waals surface area contributed by atoms with Gasteiger partial charge in [0.25, 0.3) is 0 Å². The number of hydrogen-bond acceptors (Lipinski definition) is 13. The molecule has 0 aromatic carbocycles. The Hall–Kier alpha value is -2.53. The maximum absolute atomic E-state index is 13.9. The summed E-state index contributed by atoms with van der Waals surface area (Å²) in [4.78, 5) is 39.0. The van der Waals surface area contributed by atoms with Gasteiger partial charge in [-0.15, -0.1) is 0 Å². The fraction of sp³-hybridized carbons (Fsp3) is 0.769. The monoisotopic (exact) mass is 748 g/mol. The molecule has 0 spiro atoms. The summed E-state index contributed by atoms with van der Waals surface area (Å²) < 4.78 is 22.7. The van der Waals surface area contributed by atoms with Crippen LogP contribution in [0.1, 0.15) is 86.0 Å². The van der Waals surface area contributed by atoms with Gasteiger partial charge in [0.1, 0.15) is 36.6 Å². The Balaban J connectivity index is 1.16. The van der Waals surface area contributed by atoms with E-state index in [0.29, 0.717) is 43.3 Å². The van der Waals surface area contributed by atoms with Crippen LogP contribution in [0.4, 0.5) is 0 Å².